The minimum Gasteiger partial charge on any atom is -0.465 e. The molecule has 2 aromatic rings. The number of unbranched alkanes of at least 4 members (excludes halogenated alkanes) is 54. The summed E-state index contributed by atoms with van der Waals surface area (Å²) in [5.41, 5.74) is -0.120. The van der Waals surface area contributed by atoms with Gasteiger partial charge in [-0.2, -0.15) is 0 Å². The maximum Gasteiger partial charge on any atom is 0.409 e. The highest BCUT2D eigenvalue weighted by Crippen LogP contribution is 2.45. The molecule has 0 spiro atoms. The van der Waals surface area contributed by atoms with Gasteiger partial charge in [0.1, 0.15) is 0 Å². The zero-order valence-electron chi connectivity index (χ0n) is 59.9. The second-order valence-corrected chi connectivity index (χ2v) is 28.3. The number of benzene rings is 2. The van der Waals surface area contributed by atoms with Crippen LogP contribution < -0.4 is 0 Å². The minimum absolute atomic E-state index is 0.342. The summed E-state index contributed by atoms with van der Waals surface area (Å²) in [5, 5.41) is 24.0. The van der Waals surface area contributed by atoms with Crippen molar-refractivity contribution < 1.29 is 19.8 Å². The quantitative estimate of drug-likeness (QED) is 0.0511. The van der Waals surface area contributed by atoms with E-state index in [4.69, 9.17) is 0 Å². The van der Waals surface area contributed by atoms with E-state index >= 15 is 0 Å². The number of rotatable bonds is 68. The molecule has 2 rings (SSSR count). The van der Waals surface area contributed by atoms with Crippen LogP contribution in [0.3, 0.4) is 0 Å². The van der Waals surface area contributed by atoms with Crippen molar-refractivity contribution in [1.29, 1.82) is 0 Å². The Labute approximate surface area is 554 Å². The van der Waals surface area contributed by atoms with Gasteiger partial charge in [-0.25, -0.2) is 9.59 Å². The molecule has 0 aliphatic rings. The van der Waals surface area contributed by atoms with Crippen molar-refractivity contribution in [2.24, 2.45) is 0 Å². The van der Waals surface area contributed by atoms with Crippen molar-refractivity contribution in [2.45, 2.75) is 444 Å². The Bertz CT molecular complexity index is 1660. The monoisotopic (exact) mass is 1240 g/mol. The molecule has 6 nitrogen and oxygen atoms in total. The van der Waals surface area contributed by atoms with Crippen molar-refractivity contribution in [3.05, 3.63) is 71.8 Å². The lowest BCUT2D eigenvalue weighted by Crippen LogP contribution is -2.67. The molecule has 0 heterocycles. The van der Waals surface area contributed by atoms with Crippen LogP contribution >= 0.6 is 0 Å². The van der Waals surface area contributed by atoms with E-state index in [-0.39, 0.29) is 12.1 Å². The maximum absolute atomic E-state index is 14.7. The lowest BCUT2D eigenvalue weighted by Gasteiger charge is -2.54. The van der Waals surface area contributed by atoms with Crippen molar-refractivity contribution in [3.8, 4) is 0 Å². The molecule has 0 saturated heterocycles. The lowest BCUT2D eigenvalue weighted by atomic mass is 9.83. The Morgan fingerprint density at radius 1 is 0.258 bits per heavy atom. The molecule has 0 radical (unpaired) electrons. The molecular formula is C83H150N2O4. The SMILES string of the molecule is CCCCCCCCCCCCCCCCCCCCCCCCCCC(CCCCCCC)N(C(=O)O)C(c1ccccc1)(c1ccccc1)N(C(=O)O)C(CCCCCCC)CCCCCCCCCCCCCCCCCCCCCCCCCC. The second kappa shape index (κ2) is 61.2. The molecular weight excluding hydrogens is 1090 g/mol. The summed E-state index contributed by atoms with van der Waals surface area (Å²) in [6, 6.07) is 19.2. The van der Waals surface area contributed by atoms with Gasteiger partial charge in [0.15, 0.2) is 5.66 Å². The van der Waals surface area contributed by atoms with Crippen LogP contribution in [0.15, 0.2) is 60.7 Å². The fraction of sp³-hybridized carbons (Fsp3) is 0.831. The fourth-order valence-electron chi connectivity index (χ4n) is 14.8. The van der Waals surface area contributed by atoms with Gasteiger partial charge >= 0.3 is 12.2 Å². The molecule has 89 heavy (non-hydrogen) atoms. The number of hydrogen-bond acceptors (Lipinski definition) is 2. The van der Waals surface area contributed by atoms with Crippen molar-refractivity contribution in [3.63, 3.8) is 0 Å². The summed E-state index contributed by atoms with van der Waals surface area (Å²) in [6.45, 7) is 9.09. The number of carbonyl (C=O) groups is 2. The summed E-state index contributed by atoms with van der Waals surface area (Å²) < 4.78 is 0. The van der Waals surface area contributed by atoms with E-state index in [9.17, 15) is 19.8 Å². The summed E-state index contributed by atoms with van der Waals surface area (Å²) in [4.78, 5) is 32.7. The van der Waals surface area contributed by atoms with E-state index in [1.54, 1.807) is 9.80 Å². The Balaban J connectivity index is 2.05. The first-order valence-electron chi connectivity index (χ1n) is 40.0. The highest BCUT2D eigenvalue weighted by atomic mass is 16.4. The molecule has 2 amide bonds. The zero-order chi connectivity index (χ0) is 64.0. The van der Waals surface area contributed by atoms with Crippen LogP contribution in [-0.2, 0) is 5.66 Å². The summed E-state index contributed by atoms with van der Waals surface area (Å²) in [5.74, 6) is 0. The molecule has 0 fully saturated rings. The van der Waals surface area contributed by atoms with Crippen molar-refractivity contribution in [1.82, 2.24) is 9.80 Å². The standard InChI is InChI=1S/C83H150N2O4/c1-5-9-13-17-19-21-23-25-27-29-31-33-35-37-39-41-43-45-47-49-51-53-57-67-75-79(73-65-55-15-11-7-3)84(81(86)87)83(77-69-61-59-62-70-77,78-71-63-60-64-72-78)85(82(88)89)80(74-66-56-16-12-8-4)76-68-58-54-52-50-48-46-44-42-40-38-36-34-32-30-28-26-24-22-20-18-14-10-6-2/h59-64,69-72,79-80H,5-58,65-68,73-76H2,1-4H3,(H,86,87)(H,88,89). The van der Waals surface area contributed by atoms with Gasteiger partial charge in [-0.15, -0.1) is 0 Å². The summed E-state index contributed by atoms with van der Waals surface area (Å²) in [6.07, 6.45) is 76.7. The van der Waals surface area contributed by atoms with E-state index in [1.165, 1.54) is 295 Å². The third-order valence-corrected chi connectivity index (χ3v) is 20.3. The third kappa shape index (κ3) is 41.3. The Morgan fingerprint density at radius 2 is 0.404 bits per heavy atom. The predicted octanol–water partition coefficient (Wildman–Crippen LogP) is 28.9. The maximum atomic E-state index is 14.7. The molecule has 0 aliphatic heterocycles. The van der Waals surface area contributed by atoms with Crippen LogP contribution in [0.5, 0.6) is 0 Å². The smallest absolute Gasteiger partial charge is 0.409 e. The van der Waals surface area contributed by atoms with Crippen LogP contribution in [-0.4, -0.2) is 44.3 Å². The molecule has 6 heteroatoms. The molecule has 2 N–H and O–H groups in total. The summed E-state index contributed by atoms with van der Waals surface area (Å²) >= 11 is 0. The van der Waals surface area contributed by atoms with Gasteiger partial charge in [0.05, 0.1) is 0 Å². The average molecular weight is 1240 g/mol. The van der Waals surface area contributed by atoms with Crippen LogP contribution in [0, 0.1) is 0 Å². The Hall–Kier alpha value is -3.02. The Kier molecular flexibility index (Phi) is 56.4. The number of hydrogen-bond donors (Lipinski definition) is 2. The van der Waals surface area contributed by atoms with E-state index in [0.717, 1.165) is 114 Å². The highest BCUT2D eigenvalue weighted by molar-refractivity contribution is 5.74. The Morgan fingerprint density at radius 3 is 0.551 bits per heavy atom. The largest absolute Gasteiger partial charge is 0.465 e. The van der Waals surface area contributed by atoms with Gasteiger partial charge in [-0.1, -0.05) is 461 Å². The molecule has 0 bridgehead atoms. The van der Waals surface area contributed by atoms with Gasteiger partial charge in [0, 0.05) is 23.2 Å². The molecule has 0 aromatic heterocycles. The van der Waals surface area contributed by atoms with E-state index in [0.29, 0.717) is 0 Å². The predicted molar refractivity (Wildman–Crippen MR) is 390 cm³/mol. The van der Waals surface area contributed by atoms with Crippen LogP contribution in [0.25, 0.3) is 0 Å². The number of amides is 2. The topological polar surface area (TPSA) is 81.1 Å². The fourth-order valence-corrected chi connectivity index (χ4v) is 14.8. The van der Waals surface area contributed by atoms with Gasteiger partial charge < -0.3 is 10.2 Å². The average Bonchev–Trinajstić information content (AvgIpc) is 0.772. The first-order chi connectivity index (χ1) is 43.9. The van der Waals surface area contributed by atoms with Crippen molar-refractivity contribution >= 4 is 12.2 Å². The van der Waals surface area contributed by atoms with Crippen molar-refractivity contribution in [2.75, 3.05) is 0 Å². The second-order valence-electron chi connectivity index (χ2n) is 28.3. The molecule has 2 unspecified atom stereocenters. The molecule has 0 aliphatic carbocycles. The van der Waals surface area contributed by atoms with E-state index in [1.807, 2.05) is 60.7 Å². The normalized spacial score (nSPS) is 12.4. The van der Waals surface area contributed by atoms with Crippen LogP contribution in [0.2, 0.25) is 0 Å². The number of nitrogens with zero attached hydrogens (tertiary/aromatic N) is 2. The molecule has 2 atom stereocenters. The van der Waals surface area contributed by atoms with Gasteiger partial charge in [-0.3, -0.25) is 9.80 Å². The van der Waals surface area contributed by atoms with E-state index < -0.39 is 17.8 Å². The first kappa shape index (κ1) is 82.1. The van der Waals surface area contributed by atoms with Crippen LogP contribution in [0.1, 0.15) is 437 Å². The first-order valence-corrected chi connectivity index (χ1v) is 40.0. The zero-order valence-corrected chi connectivity index (χ0v) is 59.9. The van der Waals surface area contributed by atoms with Gasteiger partial charge in [0.25, 0.3) is 0 Å². The third-order valence-electron chi connectivity index (χ3n) is 20.3. The highest BCUT2D eigenvalue weighted by Gasteiger charge is 2.54. The lowest BCUT2D eigenvalue weighted by molar-refractivity contribution is -0.0582. The molecule has 0 saturated carbocycles. The molecule has 2 aromatic carbocycles. The van der Waals surface area contributed by atoms with E-state index in [2.05, 4.69) is 27.7 Å². The summed E-state index contributed by atoms with van der Waals surface area (Å²) in [7, 11) is 0. The van der Waals surface area contributed by atoms with Gasteiger partial charge in [-0.05, 0) is 25.7 Å². The van der Waals surface area contributed by atoms with Crippen LogP contribution in [0.4, 0.5) is 9.59 Å². The number of carboxylic acid groups (broad SMARTS) is 2. The molecule has 516 valence electrons. The minimum atomic E-state index is -1.57. The van der Waals surface area contributed by atoms with Gasteiger partial charge in [0.2, 0.25) is 0 Å².